The van der Waals surface area contributed by atoms with Crippen LogP contribution in [0.3, 0.4) is 0 Å². The second-order valence-corrected chi connectivity index (χ2v) is 6.26. The summed E-state index contributed by atoms with van der Waals surface area (Å²) in [5.74, 6) is 1.15. The maximum atomic E-state index is 13.9. The molecule has 0 unspecified atom stereocenters. The Hall–Kier alpha value is -3.08. The van der Waals surface area contributed by atoms with E-state index in [9.17, 15) is 9.18 Å². The third-order valence-corrected chi connectivity index (χ3v) is 4.51. The molecule has 0 saturated carbocycles. The summed E-state index contributed by atoms with van der Waals surface area (Å²) in [5.41, 5.74) is 3.17. The van der Waals surface area contributed by atoms with E-state index in [-0.39, 0.29) is 11.2 Å². The van der Waals surface area contributed by atoms with Crippen molar-refractivity contribution in [2.75, 3.05) is 12.4 Å². The fraction of sp³-hybridized carbons (Fsp3) is 0.227. The second kappa shape index (κ2) is 8.08. The van der Waals surface area contributed by atoms with Gasteiger partial charge in [-0.1, -0.05) is 25.1 Å². The van der Waals surface area contributed by atoms with Crippen LogP contribution in [-0.2, 0) is 13.0 Å². The van der Waals surface area contributed by atoms with Crippen molar-refractivity contribution < 1.29 is 13.5 Å². The maximum absolute atomic E-state index is 13.9. The molecular formula is C22H22FNO3. The van der Waals surface area contributed by atoms with E-state index in [4.69, 9.17) is 9.15 Å². The summed E-state index contributed by atoms with van der Waals surface area (Å²) in [6, 6.07) is 14.1. The minimum Gasteiger partial charge on any atom is -0.494 e. The molecule has 1 heterocycles. The molecule has 1 N–H and O–H groups in total. The van der Waals surface area contributed by atoms with Gasteiger partial charge in [0.25, 0.3) is 0 Å². The lowest BCUT2D eigenvalue weighted by atomic mass is 10.0. The molecule has 0 aliphatic heterocycles. The molecular weight excluding hydrogens is 345 g/mol. The molecule has 5 heteroatoms. The summed E-state index contributed by atoms with van der Waals surface area (Å²) >= 11 is 0. The quantitative estimate of drug-likeness (QED) is 0.671. The van der Waals surface area contributed by atoms with Crippen molar-refractivity contribution in [2.45, 2.75) is 26.8 Å². The van der Waals surface area contributed by atoms with E-state index in [0.29, 0.717) is 30.0 Å². The largest absolute Gasteiger partial charge is 0.494 e. The molecule has 27 heavy (non-hydrogen) atoms. The highest BCUT2D eigenvalue weighted by molar-refractivity contribution is 5.66. The van der Waals surface area contributed by atoms with Crippen molar-refractivity contribution in [3.05, 3.63) is 81.7 Å². The lowest BCUT2D eigenvalue weighted by molar-refractivity contribution is 0.386. The molecule has 1 aromatic heterocycles. The molecule has 0 spiro atoms. The van der Waals surface area contributed by atoms with Gasteiger partial charge in [0, 0.05) is 23.7 Å². The summed E-state index contributed by atoms with van der Waals surface area (Å²) in [6.45, 7) is 4.14. The molecule has 2 aromatic carbocycles. The van der Waals surface area contributed by atoms with E-state index in [0.717, 1.165) is 16.8 Å². The van der Waals surface area contributed by atoms with Crippen molar-refractivity contribution in [3.8, 4) is 16.9 Å². The third-order valence-electron chi connectivity index (χ3n) is 4.51. The molecule has 0 atom stereocenters. The van der Waals surface area contributed by atoms with E-state index in [1.54, 1.807) is 19.1 Å². The first-order valence-electron chi connectivity index (χ1n) is 8.82. The fourth-order valence-electron chi connectivity index (χ4n) is 2.81. The Kier molecular flexibility index (Phi) is 5.60. The Balaban J connectivity index is 1.74. The number of nitrogens with one attached hydrogen (secondary N) is 1. The van der Waals surface area contributed by atoms with Gasteiger partial charge in [-0.05, 0) is 42.3 Å². The van der Waals surface area contributed by atoms with E-state index >= 15 is 0 Å². The molecule has 0 fully saturated rings. The Morgan fingerprint density at radius 2 is 1.78 bits per heavy atom. The van der Waals surface area contributed by atoms with Crippen LogP contribution < -0.4 is 15.5 Å². The number of hydrogen-bond donors (Lipinski definition) is 1. The molecule has 3 aromatic rings. The smallest absolute Gasteiger partial charge is 0.188 e. The molecule has 4 nitrogen and oxygen atoms in total. The van der Waals surface area contributed by atoms with Crippen LogP contribution in [0.4, 0.5) is 10.1 Å². The van der Waals surface area contributed by atoms with Crippen molar-refractivity contribution in [2.24, 2.45) is 0 Å². The van der Waals surface area contributed by atoms with Crippen LogP contribution in [-0.4, -0.2) is 7.11 Å². The van der Waals surface area contributed by atoms with Crippen molar-refractivity contribution in [1.82, 2.24) is 0 Å². The number of anilines is 1. The number of rotatable bonds is 6. The van der Waals surface area contributed by atoms with Gasteiger partial charge < -0.3 is 14.5 Å². The van der Waals surface area contributed by atoms with Crippen LogP contribution in [0.15, 0.2) is 57.7 Å². The number of benzene rings is 2. The summed E-state index contributed by atoms with van der Waals surface area (Å²) in [5, 5.41) is 3.26. The average molecular weight is 367 g/mol. The SMILES string of the molecule is CCc1cc(=O)c(C)c(CNc2ccc(-c3ccc(OC)c(F)c3)cc2)o1. The summed E-state index contributed by atoms with van der Waals surface area (Å²) < 4.78 is 24.6. The van der Waals surface area contributed by atoms with E-state index in [1.807, 2.05) is 37.3 Å². The van der Waals surface area contributed by atoms with Crippen molar-refractivity contribution in [3.63, 3.8) is 0 Å². The molecule has 3 rings (SSSR count). The van der Waals surface area contributed by atoms with Gasteiger partial charge in [-0.3, -0.25) is 4.79 Å². The zero-order valence-corrected chi connectivity index (χ0v) is 15.6. The molecule has 0 amide bonds. The molecule has 0 saturated heterocycles. The third kappa shape index (κ3) is 4.19. The summed E-state index contributed by atoms with van der Waals surface area (Å²) in [6.07, 6.45) is 0.676. The predicted octanol–water partition coefficient (Wildman–Crippen LogP) is 4.94. The van der Waals surface area contributed by atoms with Crippen LogP contribution in [0.5, 0.6) is 5.75 Å². The van der Waals surface area contributed by atoms with Gasteiger partial charge in [-0.15, -0.1) is 0 Å². The van der Waals surface area contributed by atoms with E-state index in [1.165, 1.54) is 13.2 Å². The molecule has 0 radical (unpaired) electrons. The van der Waals surface area contributed by atoms with Crippen LogP contribution in [0, 0.1) is 12.7 Å². The number of hydrogen-bond acceptors (Lipinski definition) is 4. The van der Waals surface area contributed by atoms with Crippen molar-refractivity contribution >= 4 is 5.69 Å². The van der Waals surface area contributed by atoms with Crippen LogP contribution >= 0.6 is 0 Å². The van der Waals surface area contributed by atoms with E-state index in [2.05, 4.69) is 5.32 Å². The Bertz CT molecular complexity index is 993. The monoisotopic (exact) mass is 367 g/mol. The van der Waals surface area contributed by atoms with Crippen LogP contribution in [0.25, 0.3) is 11.1 Å². The number of aryl methyl sites for hydroxylation is 1. The van der Waals surface area contributed by atoms with Gasteiger partial charge in [0.2, 0.25) is 0 Å². The highest BCUT2D eigenvalue weighted by Crippen LogP contribution is 2.26. The standard InChI is InChI=1S/C22H22FNO3/c1-4-18-12-20(25)14(2)22(27-18)13-24-17-8-5-15(6-9-17)16-7-10-21(26-3)19(23)11-16/h5-12,24H,4,13H2,1-3H3. The minimum absolute atomic E-state index is 0.00761. The Labute approximate surface area is 157 Å². The Morgan fingerprint density at radius 3 is 2.41 bits per heavy atom. The molecule has 0 aliphatic rings. The lowest BCUT2D eigenvalue weighted by Gasteiger charge is -2.10. The second-order valence-electron chi connectivity index (χ2n) is 6.26. The van der Waals surface area contributed by atoms with E-state index < -0.39 is 5.82 Å². The first-order chi connectivity index (χ1) is 13.0. The molecule has 0 aliphatic carbocycles. The Morgan fingerprint density at radius 1 is 1.07 bits per heavy atom. The van der Waals surface area contributed by atoms with Gasteiger partial charge in [0.05, 0.1) is 13.7 Å². The number of halogens is 1. The maximum Gasteiger partial charge on any atom is 0.188 e. The number of ether oxygens (including phenoxy) is 1. The normalized spacial score (nSPS) is 10.7. The van der Waals surface area contributed by atoms with Crippen molar-refractivity contribution in [1.29, 1.82) is 0 Å². The zero-order valence-electron chi connectivity index (χ0n) is 15.6. The summed E-state index contributed by atoms with van der Waals surface area (Å²) in [4.78, 5) is 12.0. The van der Waals surface area contributed by atoms with Crippen LogP contribution in [0.2, 0.25) is 0 Å². The van der Waals surface area contributed by atoms with Gasteiger partial charge in [-0.2, -0.15) is 0 Å². The first-order valence-corrected chi connectivity index (χ1v) is 8.82. The molecule has 140 valence electrons. The van der Waals surface area contributed by atoms with Gasteiger partial charge >= 0.3 is 0 Å². The minimum atomic E-state index is -0.390. The average Bonchev–Trinajstić information content (AvgIpc) is 2.69. The fourth-order valence-corrected chi connectivity index (χ4v) is 2.81. The van der Waals surface area contributed by atoms with Crippen LogP contribution in [0.1, 0.15) is 24.0 Å². The zero-order chi connectivity index (χ0) is 19.4. The summed E-state index contributed by atoms with van der Waals surface area (Å²) in [7, 11) is 1.44. The first kappa shape index (κ1) is 18.7. The lowest BCUT2D eigenvalue weighted by Crippen LogP contribution is -2.12. The highest BCUT2D eigenvalue weighted by atomic mass is 19.1. The topological polar surface area (TPSA) is 51.5 Å². The highest BCUT2D eigenvalue weighted by Gasteiger charge is 2.08. The van der Waals surface area contributed by atoms with Gasteiger partial charge in [0.15, 0.2) is 17.0 Å². The van der Waals surface area contributed by atoms with Gasteiger partial charge in [0.1, 0.15) is 11.5 Å². The molecule has 0 bridgehead atoms. The predicted molar refractivity (Wildman–Crippen MR) is 105 cm³/mol. The van der Waals surface area contributed by atoms with Gasteiger partial charge in [-0.25, -0.2) is 4.39 Å². The number of methoxy groups -OCH3 is 1.